The lowest BCUT2D eigenvalue weighted by atomic mass is 10.2. The SMILES string of the molecule is CC(=O)c1ccc(S(=O)(=O)NC2CC(=O)N(C)C2=O)cc1. The van der Waals surface area contributed by atoms with Gasteiger partial charge in [0.25, 0.3) is 0 Å². The zero-order chi connectivity index (χ0) is 15.8. The number of imide groups is 1. The summed E-state index contributed by atoms with van der Waals surface area (Å²) in [5, 5.41) is 0. The van der Waals surface area contributed by atoms with Crippen molar-refractivity contribution in [1.82, 2.24) is 9.62 Å². The fraction of sp³-hybridized carbons (Fsp3) is 0.308. The van der Waals surface area contributed by atoms with Gasteiger partial charge in [0.1, 0.15) is 6.04 Å². The summed E-state index contributed by atoms with van der Waals surface area (Å²) in [7, 11) is -2.62. The summed E-state index contributed by atoms with van der Waals surface area (Å²) in [6.07, 6.45) is -0.194. The van der Waals surface area contributed by atoms with Crippen LogP contribution in [0.25, 0.3) is 0 Å². The van der Waals surface area contributed by atoms with Gasteiger partial charge in [0.05, 0.1) is 11.3 Å². The number of hydrogen-bond donors (Lipinski definition) is 1. The molecule has 1 unspecified atom stereocenters. The van der Waals surface area contributed by atoms with Crippen LogP contribution in [0.5, 0.6) is 0 Å². The minimum absolute atomic E-state index is 0.0673. The van der Waals surface area contributed by atoms with E-state index in [2.05, 4.69) is 4.72 Å². The Hall–Kier alpha value is -2.06. The number of hydrogen-bond acceptors (Lipinski definition) is 5. The molecule has 112 valence electrons. The average Bonchev–Trinajstić information content (AvgIpc) is 2.66. The van der Waals surface area contributed by atoms with E-state index < -0.39 is 27.9 Å². The van der Waals surface area contributed by atoms with E-state index in [9.17, 15) is 22.8 Å². The van der Waals surface area contributed by atoms with E-state index in [4.69, 9.17) is 0 Å². The van der Waals surface area contributed by atoms with Crippen LogP contribution in [0.2, 0.25) is 0 Å². The molecular weight excluding hydrogens is 296 g/mol. The molecule has 2 amide bonds. The molecule has 1 atom stereocenters. The monoisotopic (exact) mass is 310 g/mol. The van der Waals surface area contributed by atoms with Crippen molar-refractivity contribution in [2.75, 3.05) is 7.05 Å². The number of benzene rings is 1. The van der Waals surface area contributed by atoms with Crippen LogP contribution in [0.3, 0.4) is 0 Å². The first kappa shape index (κ1) is 15.3. The molecule has 0 bridgehead atoms. The summed E-state index contributed by atoms with van der Waals surface area (Å²) in [5.74, 6) is -1.19. The highest BCUT2D eigenvalue weighted by Crippen LogP contribution is 2.16. The fourth-order valence-electron chi connectivity index (χ4n) is 1.97. The van der Waals surface area contributed by atoms with Crippen molar-refractivity contribution in [3.63, 3.8) is 0 Å². The molecule has 0 radical (unpaired) electrons. The van der Waals surface area contributed by atoms with E-state index in [-0.39, 0.29) is 17.1 Å². The Morgan fingerprint density at radius 1 is 1.24 bits per heavy atom. The number of carbonyl (C=O) groups excluding carboxylic acids is 3. The maximum absolute atomic E-state index is 12.2. The molecule has 21 heavy (non-hydrogen) atoms. The second-order valence-corrected chi connectivity index (χ2v) is 6.46. The number of likely N-dealkylation sites (tertiary alicyclic amines) is 1. The van der Waals surface area contributed by atoms with Gasteiger partial charge in [0.15, 0.2) is 5.78 Å². The molecule has 1 aliphatic rings. The van der Waals surface area contributed by atoms with Gasteiger partial charge in [-0.15, -0.1) is 0 Å². The third kappa shape index (κ3) is 3.01. The van der Waals surface area contributed by atoms with Crippen molar-refractivity contribution in [1.29, 1.82) is 0 Å². The van der Waals surface area contributed by atoms with E-state index in [0.29, 0.717) is 5.56 Å². The van der Waals surface area contributed by atoms with Crippen molar-refractivity contribution < 1.29 is 22.8 Å². The number of ketones is 1. The molecule has 0 spiro atoms. The van der Waals surface area contributed by atoms with E-state index in [1.807, 2.05) is 0 Å². The van der Waals surface area contributed by atoms with E-state index >= 15 is 0 Å². The molecule has 2 rings (SSSR count). The molecular formula is C13H14N2O5S. The second kappa shape index (κ2) is 5.38. The molecule has 1 N–H and O–H groups in total. The second-order valence-electron chi connectivity index (χ2n) is 4.75. The van der Waals surface area contributed by atoms with E-state index in [1.54, 1.807) is 0 Å². The number of Topliss-reactive ketones (excluding diaryl/α,β-unsaturated/α-hetero) is 1. The van der Waals surface area contributed by atoms with Gasteiger partial charge in [0, 0.05) is 12.6 Å². The van der Waals surface area contributed by atoms with Gasteiger partial charge in [0.2, 0.25) is 21.8 Å². The van der Waals surface area contributed by atoms with Gasteiger partial charge < -0.3 is 0 Å². The van der Waals surface area contributed by atoms with Crippen LogP contribution >= 0.6 is 0 Å². The summed E-state index contributed by atoms with van der Waals surface area (Å²) < 4.78 is 26.5. The van der Waals surface area contributed by atoms with Gasteiger partial charge in [-0.05, 0) is 19.1 Å². The molecule has 1 aromatic carbocycles. The summed E-state index contributed by atoms with van der Waals surface area (Å²) >= 11 is 0. The predicted molar refractivity (Wildman–Crippen MR) is 73.0 cm³/mol. The highest BCUT2D eigenvalue weighted by Gasteiger charge is 2.38. The number of nitrogens with zero attached hydrogens (tertiary/aromatic N) is 1. The van der Waals surface area contributed by atoms with Crippen molar-refractivity contribution in [2.45, 2.75) is 24.3 Å². The third-order valence-corrected chi connectivity index (χ3v) is 4.74. The molecule has 1 heterocycles. The molecule has 1 fully saturated rings. The molecule has 0 saturated carbocycles. The Morgan fingerprint density at radius 2 is 1.81 bits per heavy atom. The van der Waals surface area contributed by atoms with E-state index in [1.165, 1.54) is 38.2 Å². The lowest BCUT2D eigenvalue weighted by Crippen LogP contribution is -2.40. The normalized spacial score (nSPS) is 19.1. The molecule has 1 aliphatic heterocycles. The van der Waals surface area contributed by atoms with Gasteiger partial charge in [-0.25, -0.2) is 8.42 Å². The smallest absolute Gasteiger partial charge is 0.247 e. The largest absolute Gasteiger partial charge is 0.295 e. The lowest BCUT2D eigenvalue weighted by Gasteiger charge is -2.11. The van der Waals surface area contributed by atoms with Crippen LogP contribution in [0.15, 0.2) is 29.2 Å². The van der Waals surface area contributed by atoms with Crippen molar-refractivity contribution in [3.05, 3.63) is 29.8 Å². The van der Waals surface area contributed by atoms with Crippen LogP contribution in [0.4, 0.5) is 0 Å². The Labute approximate surface area is 122 Å². The van der Waals surface area contributed by atoms with Crippen LogP contribution in [-0.4, -0.2) is 44.0 Å². The number of amides is 2. The maximum atomic E-state index is 12.2. The van der Waals surface area contributed by atoms with Crippen molar-refractivity contribution >= 4 is 27.6 Å². The average molecular weight is 310 g/mol. The highest BCUT2D eigenvalue weighted by atomic mass is 32.2. The lowest BCUT2D eigenvalue weighted by molar-refractivity contribution is -0.137. The van der Waals surface area contributed by atoms with Gasteiger partial charge in [-0.2, -0.15) is 4.72 Å². The Bertz CT molecular complexity index is 709. The molecule has 0 aromatic heterocycles. The number of nitrogens with one attached hydrogen (secondary N) is 1. The Kier molecular flexibility index (Phi) is 3.93. The van der Waals surface area contributed by atoms with Crippen LogP contribution in [0, 0.1) is 0 Å². The molecule has 0 aliphatic carbocycles. The quantitative estimate of drug-likeness (QED) is 0.619. The highest BCUT2D eigenvalue weighted by molar-refractivity contribution is 7.89. The van der Waals surface area contributed by atoms with Gasteiger partial charge >= 0.3 is 0 Å². The standard InChI is InChI=1S/C13H14N2O5S/c1-8(16)9-3-5-10(6-4-9)21(19,20)14-11-7-12(17)15(2)13(11)18/h3-6,11,14H,7H2,1-2H3. The first-order valence-electron chi connectivity index (χ1n) is 6.16. The zero-order valence-electron chi connectivity index (χ0n) is 11.5. The zero-order valence-corrected chi connectivity index (χ0v) is 12.3. The first-order chi connectivity index (χ1) is 9.72. The minimum Gasteiger partial charge on any atom is -0.295 e. The van der Waals surface area contributed by atoms with Crippen molar-refractivity contribution in [3.8, 4) is 0 Å². The Balaban J connectivity index is 2.21. The topological polar surface area (TPSA) is 101 Å². The van der Waals surface area contributed by atoms with Gasteiger partial charge in [-0.3, -0.25) is 19.3 Å². The molecule has 8 heteroatoms. The summed E-state index contributed by atoms with van der Waals surface area (Å²) in [5.41, 5.74) is 0.390. The third-order valence-electron chi connectivity index (χ3n) is 3.25. The Morgan fingerprint density at radius 3 is 2.24 bits per heavy atom. The summed E-state index contributed by atoms with van der Waals surface area (Å²) in [6.45, 7) is 1.38. The molecule has 1 aromatic rings. The number of sulfonamides is 1. The number of carbonyl (C=O) groups is 3. The minimum atomic E-state index is -3.93. The molecule has 1 saturated heterocycles. The van der Waals surface area contributed by atoms with E-state index in [0.717, 1.165) is 4.90 Å². The fourth-order valence-corrected chi connectivity index (χ4v) is 3.16. The number of likely N-dealkylation sites (N-methyl/N-ethyl adjacent to an activating group) is 1. The van der Waals surface area contributed by atoms with Crippen molar-refractivity contribution in [2.24, 2.45) is 0 Å². The molecule has 7 nitrogen and oxygen atoms in total. The van der Waals surface area contributed by atoms with Crippen LogP contribution in [0.1, 0.15) is 23.7 Å². The predicted octanol–water partition coefficient (Wildman–Crippen LogP) is -0.0752. The van der Waals surface area contributed by atoms with Crippen LogP contribution in [-0.2, 0) is 19.6 Å². The first-order valence-corrected chi connectivity index (χ1v) is 7.64. The number of rotatable bonds is 4. The maximum Gasteiger partial charge on any atom is 0.247 e. The van der Waals surface area contributed by atoms with Crippen LogP contribution < -0.4 is 4.72 Å². The summed E-state index contributed by atoms with van der Waals surface area (Å²) in [4.78, 5) is 35.0. The summed E-state index contributed by atoms with van der Waals surface area (Å²) in [6, 6.07) is 4.27. The van der Waals surface area contributed by atoms with Gasteiger partial charge in [-0.1, -0.05) is 12.1 Å².